The number of anilines is 2. The lowest BCUT2D eigenvalue weighted by Gasteiger charge is -2.36. The summed E-state index contributed by atoms with van der Waals surface area (Å²) in [5.41, 5.74) is 6.55. The van der Waals surface area contributed by atoms with E-state index >= 15 is 0 Å². The minimum absolute atomic E-state index is 0.192. The zero-order valence-corrected chi connectivity index (χ0v) is 14.5. The fourth-order valence-corrected chi connectivity index (χ4v) is 2.64. The highest BCUT2D eigenvalue weighted by atomic mass is 28.4. The average molecular weight is 298 g/mol. The molecular formula is C15H27FN2OSi. The molecule has 0 radical (unpaired) electrons. The van der Waals surface area contributed by atoms with Crippen LogP contribution in [0.25, 0.3) is 0 Å². The van der Waals surface area contributed by atoms with Crippen LogP contribution in [0.4, 0.5) is 15.8 Å². The molecule has 20 heavy (non-hydrogen) atoms. The van der Waals surface area contributed by atoms with Crippen LogP contribution in [-0.2, 0) is 4.43 Å². The molecule has 0 fully saturated rings. The molecule has 114 valence electrons. The summed E-state index contributed by atoms with van der Waals surface area (Å²) >= 11 is 0. The van der Waals surface area contributed by atoms with Crippen LogP contribution in [0.15, 0.2) is 18.2 Å². The number of nitrogens with two attached hydrogens (primary N) is 1. The number of benzene rings is 1. The van der Waals surface area contributed by atoms with Crippen molar-refractivity contribution in [1.82, 2.24) is 0 Å². The first-order valence-corrected chi connectivity index (χ1v) is 9.85. The van der Waals surface area contributed by atoms with E-state index in [1.807, 2.05) is 11.9 Å². The number of hydrogen-bond acceptors (Lipinski definition) is 3. The molecule has 0 bridgehead atoms. The Morgan fingerprint density at radius 3 is 2.40 bits per heavy atom. The fourth-order valence-electron chi connectivity index (χ4n) is 1.61. The first kappa shape index (κ1) is 17.0. The summed E-state index contributed by atoms with van der Waals surface area (Å²) in [6.07, 6.45) is 0. The number of hydrogen-bond donors (Lipinski definition) is 1. The van der Waals surface area contributed by atoms with Gasteiger partial charge in [-0.1, -0.05) is 20.8 Å². The minimum Gasteiger partial charge on any atom is -0.415 e. The van der Waals surface area contributed by atoms with Crippen LogP contribution in [0.3, 0.4) is 0 Å². The Labute approximate surface area is 123 Å². The lowest BCUT2D eigenvalue weighted by molar-refractivity contribution is 0.295. The number of rotatable bonds is 5. The second-order valence-corrected chi connectivity index (χ2v) is 11.6. The molecule has 0 spiro atoms. The Morgan fingerprint density at radius 1 is 1.30 bits per heavy atom. The van der Waals surface area contributed by atoms with E-state index in [4.69, 9.17) is 10.2 Å². The molecule has 0 heterocycles. The van der Waals surface area contributed by atoms with Gasteiger partial charge >= 0.3 is 0 Å². The van der Waals surface area contributed by atoms with Crippen molar-refractivity contribution in [3.05, 3.63) is 24.0 Å². The third-order valence-electron chi connectivity index (χ3n) is 4.08. The highest BCUT2D eigenvalue weighted by molar-refractivity contribution is 6.74. The van der Waals surface area contributed by atoms with Crippen molar-refractivity contribution in [2.45, 2.75) is 38.9 Å². The van der Waals surface area contributed by atoms with Gasteiger partial charge in [0.1, 0.15) is 5.82 Å². The van der Waals surface area contributed by atoms with Crippen LogP contribution in [-0.4, -0.2) is 28.5 Å². The maximum Gasteiger partial charge on any atom is 0.192 e. The van der Waals surface area contributed by atoms with Crippen molar-refractivity contribution in [3.63, 3.8) is 0 Å². The van der Waals surface area contributed by atoms with Crippen LogP contribution in [0, 0.1) is 5.82 Å². The molecule has 0 aromatic heterocycles. The van der Waals surface area contributed by atoms with Crippen molar-refractivity contribution < 1.29 is 8.82 Å². The first-order valence-electron chi connectivity index (χ1n) is 6.95. The highest BCUT2D eigenvalue weighted by Gasteiger charge is 2.36. The smallest absolute Gasteiger partial charge is 0.192 e. The summed E-state index contributed by atoms with van der Waals surface area (Å²) < 4.78 is 19.9. The van der Waals surface area contributed by atoms with Crippen LogP contribution in [0.1, 0.15) is 20.8 Å². The molecule has 0 saturated carbocycles. The monoisotopic (exact) mass is 298 g/mol. The van der Waals surface area contributed by atoms with Gasteiger partial charge in [0, 0.05) is 19.3 Å². The zero-order valence-electron chi connectivity index (χ0n) is 13.5. The molecule has 0 aliphatic carbocycles. The van der Waals surface area contributed by atoms with E-state index in [0.717, 1.165) is 0 Å². The number of nitrogen functional groups attached to an aromatic ring is 1. The topological polar surface area (TPSA) is 38.5 Å². The van der Waals surface area contributed by atoms with Gasteiger partial charge in [0.2, 0.25) is 0 Å². The second-order valence-electron chi connectivity index (χ2n) is 6.74. The summed E-state index contributed by atoms with van der Waals surface area (Å²) in [6.45, 7) is 12.3. The molecule has 3 nitrogen and oxygen atoms in total. The SMILES string of the molecule is CN(CCO[Si](C)(C)C(C)(C)C)c1ccc(N)cc1F. The lowest BCUT2D eigenvalue weighted by Crippen LogP contribution is -2.42. The van der Waals surface area contributed by atoms with Crippen molar-refractivity contribution in [1.29, 1.82) is 0 Å². The molecular weight excluding hydrogens is 271 g/mol. The quantitative estimate of drug-likeness (QED) is 0.662. The van der Waals surface area contributed by atoms with Gasteiger partial charge < -0.3 is 15.1 Å². The number of halogens is 1. The van der Waals surface area contributed by atoms with Gasteiger partial charge in [-0.15, -0.1) is 0 Å². The third-order valence-corrected chi connectivity index (χ3v) is 8.62. The Bertz CT molecular complexity index is 458. The summed E-state index contributed by atoms with van der Waals surface area (Å²) in [5.74, 6) is -0.292. The summed E-state index contributed by atoms with van der Waals surface area (Å²) in [6, 6.07) is 4.77. The largest absolute Gasteiger partial charge is 0.415 e. The average Bonchev–Trinajstić information content (AvgIpc) is 2.26. The van der Waals surface area contributed by atoms with E-state index in [2.05, 4.69) is 33.9 Å². The van der Waals surface area contributed by atoms with E-state index in [1.165, 1.54) is 6.07 Å². The van der Waals surface area contributed by atoms with Crippen LogP contribution >= 0.6 is 0 Å². The number of nitrogens with zero attached hydrogens (tertiary/aromatic N) is 1. The summed E-state index contributed by atoms with van der Waals surface area (Å²) in [5, 5.41) is 0.192. The summed E-state index contributed by atoms with van der Waals surface area (Å²) in [4.78, 5) is 1.86. The molecule has 2 N–H and O–H groups in total. The van der Waals surface area contributed by atoms with E-state index < -0.39 is 8.32 Å². The molecule has 5 heteroatoms. The lowest BCUT2D eigenvalue weighted by atomic mass is 10.2. The van der Waals surface area contributed by atoms with E-state index in [1.54, 1.807) is 12.1 Å². The predicted octanol–water partition coefficient (Wildman–Crippen LogP) is 3.87. The van der Waals surface area contributed by atoms with Crippen molar-refractivity contribution in [3.8, 4) is 0 Å². The summed E-state index contributed by atoms with van der Waals surface area (Å²) in [7, 11) is 0.129. The Balaban J connectivity index is 2.58. The third kappa shape index (κ3) is 4.21. The van der Waals surface area contributed by atoms with Crippen LogP contribution < -0.4 is 10.6 Å². The van der Waals surface area contributed by atoms with Gasteiger partial charge in [0.25, 0.3) is 0 Å². The van der Waals surface area contributed by atoms with Gasteiger partial charge in [0.15, 0.2) is 8.32 Å². The van der Waals surface area contributed by atoms with Gasteiger partial charge in [-0.25, -0.2) is 4.39 Å². The molecule has 0 saturated heterocycles. The van der Waals surface area contributed by atoms with E-state index in [0.29, 0.717) is 24.5 Å². The molecule has 1 aromatic carbocycles. The Morgan fingerprint density at radius 2 is 1.90 bits per heavy atom. The number of likely N-dealkylation sites (N-methyl/N-ethyl adjacent to an activating group) is 1. The fraction of sp³-hybridized carbons (Fsp3) is 0.600. The van der Waals surface area contributed by atoms with Crippen molar-refractivity contribution in [2.24, 2.45) is 0 Å². The Hall–Kier alpha value is -1.07. The standard InChI is InChI=1S/C15H27FN2OSi/c1-15(2,3)20(5,6)19-10-9-18(4)14-8-7-12(17)11-13(14)16/h7-8,11H,9-10,17H2,1-6H3. The molecule has 1 rings (SSSR count). The minimum atomic E-state index is -1.74. The van der Waals surface area contributed by atoms with Gasteiger partial charge in [-0.05, 0) is 36.3 Å². The molecule has 0 aliphatic heterocycles. The molecule has 0 aliphatic rings. The molecule has 1 aromatic rings. The first-order chi connectivity index (χ1) is 9.04. The molecule has 0 amide bonds. The van der Waals surface area contributed by atoms with Crippen molar-refractivity contribution >= 4 is 19.7 Å². The maximum absolute atomic E-state index is 13.8. The highest BCUT2D eigenvalue weighted by Crippen LogP contribution is 2.36. The van der Waals surface area contributed by atoms with Gasteiger partial charge in [-0.2, -0.15) is 0 Å². The van der Waals surface area contributed by atoms with Crippen LogP contribution in [0.5, 0.6) is 0 Å². The van der Waals surface area contributed by atoms with Gasteiger partial charge in [-0.3, -0.25) is 0 Å². The van der Waals surface area contributed by atoms with E-state index in [9.17, 15) is 4.39 Å². The van der Waals surface area contributed by atoms with Crippen molar-refractivity contribution in [2.75, 3.05) is 30.8 Å². The Kier molecular flexibility index (Phi) is 5.21. The van der Waals surface area contributed by atoms with Gasteiger partial charge in [0.05, 0.1) is 12.3 Å². The molecule has 0 unspecified atom stereocenters. The maximum atomic E-state index is 13.8. The second kappa shape index (κ2) is 6.14. The normalized spacial score (nSPS) is 12.6. The molecule has 0 atom stereocenters. The zero-order chi connectivity index (χ0) is 15.6. The van der Waals surface area contributed by atoms with E-state index in [-0.39, 0.29) is 10.9 Å². The van der Waals surface area contributed by atoms with Crippen LogP contribution in [0.2, 0.25) is 18.1 Å². The predicted molar refractivity (Wildman–Crippen MR) is 87.2 cm³/mol.